The summed E-state index contributed by atoms with van der Waals surface area (Å²) in [5.41, 5.74) is 0.381. The summed E-state index contributed by atoms with van der Waals surface area (Å²) in [7, 11) is 0. The summed E-state index contributed by atoms with van der Waals surface area (Å²) < 4.78 is 0. The third kappa shape index (κ3) is 1.87. The maximum atomic E-state index is 10.6. The molecule has 0 saturated heterocycles. The molecule has 0 saturated carbocycles. The Morgan fingerprint density at radius 2 is 2.25 bits per heavy atom. The predicted octanol–water partition coefficient (Wildman–Crippen LogP) is 2.17. The molecule has 5 heteroatoms. The summed E-state index contributed by atoms with van der Waals surface area (Å²) in [6.07, 6.45) is 0. The van der Waals surface area contributed by atoms with E-state index in [1.165, 1.54) is 12.1 Å². The van der Waals surface area contributed by atoms with Gasteiger partial charge in [0.1, 0.15) is 5.15 Å². The molecule has 1 N–H and O–H groups in total. The molecule has 1 rings (SSSR count). The fraction of sp³-hybridized carbons (Fsp3) is 0.143. The Kier molecular flexibility index (Phi) is 2.89. The third-order valence-electron chi connectivity index (χ3n) is 1.30. The van der Waals surface area contributed by atoms with Crippen LogP contribution in [0.3, 0.4) is 0 Å². The molecule has 0 bridgehead atoms. The first-order valence-electron chi connectivity index (χ1n) is 3.10. The number of hydrogen-bond acceptors (Lipinski definition) is 2. The van der Waals surface area contributed by atoms with E-state index in [0.717, 1.165) is 0 Å². The van der Waals surface area contributed by atoms with Gasteiger partial charge < -0.3 is 5.11 Å². The largest absolute Gasteiger partial charge is 0.478 e. The fourth-order valence-electron chi connectivity index (χ4n) is 0.771. The van der Waals surface area contributed by atoms with E-state index in [0.29, 0.717) is 0 Å². The van der Waals surface area contributed by atoms with Crippen LogP contribution in [0.2, 0.25) is 5.15 Å². The molecule has 0 aliphatic heterocycles. The van der Waals surface area contributed by atoms with Crippen molar-refractivity contribution in [2.45, 2.75) is 5.88 Å². The summed E-state index contributed by atoms with van der Waals surface area (Å²) in [6.45, 7) is 0. The average molecular weight is 206 g/mol. The minimum absolute atomic E-state index is 0.0438. The highest BCUT2D eigenvalue weighted by atomic mass is 35.5. The molecular weight excluding hydrogens is 201 g/mol. The van der Waals surface area contributed by atoms with Crippen molar-refractivity contribution in [1.82, 2.24) is 4.98 Å². The summed E-state index contributed by atoms with van der Waals surface area (Å²) >= 11 is 11.0. The van der Waals surface area contributed by atoms with Crippen LogP contribution in [-0.2, 0) is 5.88 Å². The molecule has 0 unspecified atom stereocenters. The zero-order chi connectivity index (χ0) is 9.14. The van der Waals surface area contributed by atoms with E-state index in [1.807, 2.05) is 0 Å². The Morgan fingerprint density at radius 1 is 1.58 bits per heavy atom. The lowest BCUT2D eigenvalue weighted by Gasteiger charge is -2.00. The van der Waals surface area contributed by atoms with Crippen molar-refractivity contribution >= 4 is 29.2 Å². The lowest BCUT2D eigenvalue weighted by Crippen LogP contribution is -2.03. The van der Waals surface area contributed by atoms with Crippen molar-refractivity contribution in [2.24, 2.45) is 0 Å². The highest BCUT2D eigenvalue weighted by Crippen LogP contribution is 2.13. The number of alkyl halides is 1. The number of carboxylic acid groups (broad SMARTS) is 1. The van der Waals surface area contributed by atoms with Crippen molar-refractivity contribution in [3.05, 3.63) is 28.5 Å². The van der Waals surface area contributed by atoms with E-state index < -0.39 is 5.97 Å². The van der Waals surface area contributed by atoms with Gasteiger partial charge in [0.15, 0.2) is 0 Å². The van der Waals surface area contributed by atoms with Crippen LogP contribution in [-0.4, -0.2) is 16.1 Å². The normalized spacial score (nSPS) is 9.83. The predicted molar refractivity (Wildman–Crippen MR) is 45.8 cm³/mol. The van der Waals surface area contributed by atoms with Crippen LogP contribution in [0.4, 0.5) is 0 Å². The molecule has 1 aromatic heterocycles. The number of nitrogens with zero attached hydrogens (tertiary/aromatic N) is 1. The Hall–Kier alpha value is -0.800. The van der Waals surface area contributed by atoms with Gasteiger partial charge in [0, 0.05) is 0 Å². The molecule has 0 aromatic carbocycles. The van der Waals surface area contributed by atoms with E-state index in [2.05, 4.69) is 4.98 Å². The van der Waals surface area contributed by atoms with Gasteiger partial charge in [-0.2, -0.15) is 0 Å². The molecule has 1 aromatic rings. The number of carbonyl (C=O) groups is 1. The highest BCUT2D eigenvalue weighted by molar-refractivity contribution is 6.29. The number of carboxylic acids is 1. The second kappa shape index (κ2) is 3.74. The molecule has 0 radical (unpaired) electrons. The highest BCUT2D eigenvalue weighted by Gasteiger charge is 2.10. The molecule has 0 aliphatic rings. The van der Waals surface area contributed by atoms with Gasteiger partial charge in [-0.15, -0.1) is 11.6 Å². The minimum atomic E-state index is -1.05. The first-order chi connectivity index (χ1) is 5.65. The summed E-state index contributed by atoms with van der Waals surface area (Å²) in [6, 6.07) is 2.80. The zero-order valence-corrected chi connectivity index (χ0v) is 7.43. The molecule has 0 spiro atoms. The Morgan fingerprint density at radius 3 is 2.75 bits per heavy atom. The molecule has 3 nitrogen and oxygen atoms in total. The quantitative estimate of drug-likeness (QED) is 0.595. The van der Waals surface area contributed by atoms with E-state index in [-0.39, 0.29) is 22.3 Å². The van der Waals surface area contributed by atoms with Crippen LogP contribution in [0.15, 0.2) is 12.1 Å². The number of aromatic nitrogens is 1. The SMILES string of the molecule is O=C(O)c1ccc(Cl)nc1CCl. The summed E-state index contributed by atoms with van der Waals surface area (Å²) in [4.78, 5) is 14.3. The van der Waals surface area contributed by atoms with Crippen LogP contribution < -0.4 is 0 Å². The lowest BCUT2D eigenvalue weighted by molar-refractivity contribution is 0.0695. The molecule has 1 heterocycles. The monoisotopic (exact) mass is 205 g/mol. The molecular formula is C7H5Cl2NO2. The van der Waals surface area contributed by atoms with Gasteiger partial charge >= 0.3 is 5.97 Å². The topological polar surface area (TPSA) is 50.2 Å². The maximum Gasteiger partial charge on any atom is 0.337 e. The van der Waals surface area contributed by atoms with Gasteiger partial charge in [-0.3, -0.25) is 0 Å². The van der Waals surface area contributed by atoms with E-state index >= 15 is 0 Å². The van der Waals surface area contributed by atoms with Gasteiger partial charge in [-0.05, 0) is 12.1 Å². The van der Waals surface area contributed by atoms with Crippen molar-refractivity contribution in [2.75, 3.05) is 0 Å². The van der Waals surface area contributed by atoms with Crippen LogP contribution in [0.5, 0.6) is 0 Å². The van der Waals surface area contributed by atoms with Crippen molar-refractivity contribution in [3.8, 4) is 0 Å². The van der Waals surface area contributed by atoms with Crippen LogP contribution in [0.1, 0.15) is 16.1 Å². The van der Waals surface area contributed by atoms with E-state index in [4.69, 9.17) is 28.3 Å². The number of halogens is 2. The van der Waals surface area contributed by atoms with Crippen molar-refractivity contribution < 1.29 is 9.90 Å². The number of aromatic carboxylic acids is 1. The van der Waals surface area contributed by atoms with Crippen LogP contribution in [0.25, 0.3) is 0 Å². The average Bonchev–Trinajstić information content (AvgIpc) is 2.03. The Labute approximate surface area is 78.9 Å². The first kappa shape index (κ1) is 9.29. The molecule has 0 aliphatic carbocycles. The number of rotatable bonds is 2. The van der Waals surface area contributed by atoms with Gasteiger partial charge in [0.25, 0.3) is 0 Å². The van der Waals surface area contributed by atoms with Gasteiger partial charge in [0.2, 0.25) is 0 Å². The minimum Gasteiger partial charge on any atom is -0.478 e. The van der Waals surface area contributed by atoms with Gasteiger partial charge in [-0.25, -0.2) is 9.78 Å². The maximum absolute atomic E-state index is 10.6. The molecule has 0 amide bonds. The van der Waals surface area contributed by atoms with Crippen LogP contribution in [0, 0.1) is 0 Å². The molecule has 64 valence electrons. The number of hydrogen-bond donors (Lipinski definition) is 1. The Bertz CT molecular complexity index is 314. The third-order valence-corrected chi connectivity index (χ3v) is 1.76. The first-order valence-corrected chi connectivity index (χ1v) is 4.01. The van der Waals surface area contributed by atoms with Crippen LogP contribution >= 0.6 is 23.2 Å². The van der Waals surface area contributed by atoms with Crippen molar-refractivity contribution in [1.29, 1.82) is 0 Å². The van der Waals surface area contributed by atoms with Crippen molar-refractivity contribution in [3.63, 3.8) is 0 Å². The molecule has 0 fully saturated rings. The smallest absolute Gasteiger partial charge is 0.337 e. The van der Waals surface area contributed by atoms with E-state index in [1.54, 1.807) is 0 Å². The van der Waals surface area contributed by atoms with E-state index in [9.17, 15) is 4.79 Å². The standard InChI is InChI=1S/C7H5Cl2NO2/c8-3-5-4(7(11)12)1-2-6(9)10-5/h1-2H,3H2,(H,11,12). The molecule has 12 heavy (non-hydrogen) atoms. The Balaban J connectivity index is 3.20. The summed E-state index contributed by atoms with van der Waals surface area (Å²) in [5, 5.41) is 8.89. The van der Waals surface area contributed by atoms with Gasteiger partial charge in [0.05, 0.1) is 17.1 Å². The summed E-state index contributed by atoms with van der Waals surface area (Å²) in [5.74, 6) is -1.00. The second-order valence-electron chi connectivity index (χ2n) is 2.07. The fourth-order valence-corrected chi connectivity index (χ4v) is 1.14. The van der Waals surface area contributed by atoms with Gasteiger partial charge in [-0.1, -0.05) is 11.6 Å². The second-order valence-corrected chi connectivity index (χ2v) is 2.72. The zero-order valence-electron chi connectivity index (χ0n) is 5.92. The lowest BCUT2D eigenvalue weighted by atomic mass is 10.2. The number of pyridine rings is 1. The molecule has 0 atom stereocenters.